The largest absolute Gasteiger partial charge is 0.443 e. The summed E-state index contributed by atoms with van der Waals surface area (Å²) < 4.78 is 6.91. The highest BCUT2D eigenvalue weighted by atomic mass is 16.6. The van der Waals surface area contributed by atoms with Crippen molar-refractivity contribution in [3.63, 3.8) is 0 Å². The highest BCUT2D eigenvalue weighted by Crippen LogP contribution is 2.06. The van der Waals surface area contributed by atoms with Gasteiger partial charge in [-0.25, -0.2) is 10.2 Å². The fraction of sp³-hybridized carbons (Fsp3) is 0.455. The minimum absolute atomic E-state index is 0.509. The molecule has 0 spiro atoms. The van der Waals surface area contributed by atoms with Crippen LogP contribution in [0.3, 0.4) is 0 Å². The Balaban J connectivity index is 2.44. The molecule has 1 rings (SSSR count). The molecular weight excluding hydrogens is 206 g/mol. The number of carbonyl (C=O) groups excluding carboxylic acids is 1. The molecule has 5 heteroatoms. The van der Waals surface area contributed by atoms with Crippen LogP contribution in [0.25, 0.3) is 0 Å². The fourth-order valence-corrected chi connectivity index (χ4v) is 1.06. The first kappa shape index (κ1) is 12.3. The van der Waals surface area contributed by atoms with Crippen LogP contribution in [0.5, 0.6) is 0 Å². The molecule has 1 heterocycles. The van der Waals surface area contributed by atoms with Gasteiger partial charge in [0.1, 0.15) is 5.60 Å². The van der Waals surface area contributed by atoms with Crippen molar-refractivity contribution in [1.82, 2.24) is 9.99 Å². The predicted octanol–water partition coefficient (Wildman–Crippen LogP) is 1.88. The molecule has 0 aliphatic heterocycles. The van der Waals surface area contributed by atoms with Crippen LogP contribution in [0.4, 0.5) is 4.79 Å². The number of nitrogens with one attached hydrogen (secondary N) is 1. The summed E-state index contributed by atoms with van der Waals surface area (Å²) in [6, 6.07) is 3.79. The fourth-order valence-electron chi connectivity index (χ4n) is 1.06. The molecule has 0 saturated carbocycles. The van der Waals surface area contributed by atoms with Crippen LogP contribution in [0.15, 0.2) is 23.4 Å². The molecule has 16 heavy (non-hydrogen) atoms. The van der Waals surface area contributed by atoms with Crippen LogP contribution in [0.2, 0.25) is 0 Å². The van der Waals surface area contributed by atoms with E-state index >= 15 is 0 Å². The van der Waals surface area contributed by atoms with Gasteiger partial charge in [-0.05, 0) is 32.9 Å². The third-order valence-electron chi connectivity index (χ3n) is 1.74. The van der Waals surface area contributed by atoms with E-state index in [1.54, 1.807) is 27.0 Å². The van der Waals surface area contributed by atoms with Gasteiger partial charge in [0.05, 0.1) is 11.9 Å². The van der Waals surface area contributed by atoms with Gasteiger partial charge in [0.25, 0.3) is 0 Å². The second kappa shape index (κ2) is 4.83. The Morgan fingerprint density at radius 2 is 2.25 bits per heavy atom. The smallest absolute Gasteiger partial charge is 0.428 e. The van der Waals surface area contributed by atoms with Gasteiger partial charge in [0.15, 0.2) is 0 Å². The number of aromatic nitrogens is 1. The van der Waals surface area contributed by atoms with E-state index in [2.05, 4.69) is 10.5 Å². The lowest BCUT2D eigenvalue weighted by Crippen LogP contribution is -2.29. The van der Waals surface area contributed by atoms with Gasteiger partial charge in [0, 0.05) is 13.2 Å². The quantitative estimate of drug-likeness (QED) is 0.614. The molecule has 0 fully saturated rings. The molecule has 0 aliphatic rings. The van der Waals surface area contributed by atoms with E-state index in [1.807, 2.05) is 29.9 Å². The Morgan fingerprint density at radius 3 is 2.75 bits per heavy atom. The highest BCUT2D eigenvalue weighted by molar-refractivity contribution is 5.79. The van der Waals surface area contributed by atoms with Gasteiger partial charge in [0.2, 0.25) is 0 Å². The third-order valence-corrected chi connectivity index (χ3v) is 1.74. The zero-order valence-electron chi connectivity index (χ0n) is 10.0. The van der Waals surface area contributed by atoms with Crippen molar-refractivity contribution in [3.8, 4) is 0 Å². The third kappa shape index (κ3) is 4.16. The molecule has 5 nitrogen and oxygen atoms in total. The zero-order valence-corrected chi connectivity index (χ0v) is 10.0. The van der Waals surface area contributed by atoms with E-state index in [4.69, 9.17) is 4.74 Å². The molecule has 1 aromatic rings. The summed E-state index contributed by atoms with van der Waals surface area (Å²) in [6.07, 6.45) is 2.90. The Labute approximate surface area is 95.1 Å². The first-order valence-corrected chi connectivity index (χ1v) is 5.02. The van der Waals surface area contributed by atoms with E-state index in [9.17, 15) is 4.79 Å². The van der Waals surface area contributed by atoms with Crippen LogP contribution >= 0.6 is 0 Å². The average Bonchev–Trinajstić information content (AvgIpc) is 2.48. The van der Waals surface area contributed by atoms with Crippen molar-refractivity contribution < 1.29 is 9.53 Å². The molecule has 1 amide bonds. The Hall–Kier alpha value is -1.78. The van der Waals surface area contributed by atoms with E-state index in [-0.39, 0.29) is 0 Å². The van der Waals surface area contributed by atoms with E-state index in [0.29, 0.717) is 0 Å². The van der Waals surface area contributed by atoms with Crippen molar-refractivity contribution >= 4 is 12.3 Å². The van der Waals surface area contributed by atoms with Crippen LogP contribution in [0, 0.1) is 0 Å². The van der Waals surface area contributed by atoms with Crippen molar-refractivity contribution in [2.45, 2.75) is 26.4 Å². The molecule has 1 aromatic heterocycles. The number of aryl methyl sites for hydroxylation is 1. The lowest BCUT2D eigenvalue weighted by atomic mass is 10.2. The van der Waals surface area contributed by atoms with Gasteiger partial charge >= 0.3 is 6.09 Å². The number of carbonyl (C=O) groups is 1. The molecule has 1 N–H and O–H groups in total. The maximum atomic E-state index is 11.2. The van der Waals surface area contributed by atoms with Gasteiger partial charge in [-0.2, -0.15) is 5.10 Å². The summed E-state index contributed by atoms with van der Waals surface area (Å²) in [7, 11) is 1.90. The number of hydrazone groups is 1. The van der Waals surface area contributed by atoms with Crippen LogP contribution in [-0.2, 0) is 11.8 Å². The molecule has 88 valence electrons. The molecule has 0 aromatic carbocycles. The molecule has 0 bridgehead atoms. The number of nitrogens with zero attached hydrogens (tertiary/aromatic N) is 2. The molecule has 0 aliphatic carbocycles. The molecule has 0 radical (unpaired) electrons. The maximum absolute atomic E-state index is 11.2. The van der Waals surface area contributed by atoms with Gasteiger partial charge in [-0.15, -0.1) is 0 Å². The molecular formula is C11H17N3O2. The topological polar surface area (TPSA) is 55.6 Å². The zero-order chi connectivity index (χ0) is 12.2. The van der Waals surface area contributed by atoms with Crippen LogP contribution < -0.4 is 5.43 Å². The summed E-state index contributed by atoms with van der Waals surface area (Å²) in [5, 5.41) is 3.79. The number of hydrogen-bond acceptors (Lipinski definition) is 3. The van der Waals surface area contributed by atoms with Crippen molar-refractivity contribution in [1.29, 1.82) is 0 Å². The maximum Gasteiger partial charge on any atom is 0.428 e. The van der Waals surface area contributed by atoms with Crippen molar-refractivity contribution in [2.75, 3.05) is 0 Å². The monoisotopic (exact) mass is 223 g/mol. The number of hydrogen-bond donors (Lipinski definition) is 1. The summed E-state index contributed by atoms with van der Waals surface area (Å²) in [6.45, 7) is 5.40. The summed E-state index contributed by atoms with van der Waals surface area (Å²) >= 11 is 0. The van der Waals surface area contributed by atoms with E-state index < -0.39 is 11.7 Å². The first-order valence-electron chi connectivity index (χ1n) is 5.02. The molecule has 0 saturated heterocycles. The Morgan fingerprint density at radius 1 is 1.56 bits per heavy atom. The summed E-state index contributed by atoms with van der Waals surface area (Å²) in [5.41, 5.74) is 2.69. The molecule has 0 atom stereocenters. The number of ether oxygens (including phenoxy) is 1. The van der Waals surface area contributed by atoms with Crippen molar-refractivity contribution in [2.24, 2.45) is 12.1 Å². The van der Waals surface area contributed by atoms with Gasteiger partial charge in [-0.1, -0.05) is 0 Å². The van der Waals surface area contributed by atoms with E-state index in [1.165, 1.54) is 0 Å². The van der Waals surface area contributed by atoms with Gasteiger partial charge < -0.3 is 9.30 Å². The highest BCUT2D eigenvalue weighted by Gasteiger charge is 2.15. The first-order chi connectivity index (χ1) is 7.38. The SMILES string of the molecule is Cn1cccc1C=NNC(=O)OC(C)(C)C. The second-order valence-corrected chi connectivity index (χ2v) is 4.42. The Kier molecular flexibility index (Phi) is 3.71. The standard InChI is InChI=1S/C11H17N3O2/c1-11(2,3)16-10(15)13-12-8-9-6-5-7-14(9)4/h5-8H,1-4H3,(H,13,15). The van der Waals surface area contributed by atoms with Crippen LogP contribution in [0.1, 0.15) is 26.5 Å². The van der Waals surface area contributed by atoms with Crippen molar-refractivity contribution in [3.05, 3.63) is 24.0 Å². The Bertz CT molecular complexity index is 388. The second-order valence-electron chi connectivity index (χ2n) is 4.42. The minimum atomic E-state index is -0.557. The number of rotatable bonds is 2. The normalized spacial score (nSPS) is 11.8. The lowest BCUT2D eigenvalue weighted by molar-refractivity contribution is 0.0529. The number of amides is 1. The van der Waals surface area contributed by atoms with Crippen LogP contribution in [-0.4, -0.2) is 22.5 Å². The molecule has 0 unspecified atom stereocenters. The van der Waals surface area contributed by atoms with Gasteiger partial charge in [-0.3, -0.25) is 0 Å². The average molecular weight is 223 g/mol. The van der Waals surface area contributed by atoms with E-state index in [0.717, 1.165) is 5.69 Å². The summed E-state index contributed by atoms with van der Waals surface area (Å²) in [5.74, 6) is 0. The predicted molar refractivity (Wildman–Crippen MR) is 62.4 cm³/mol. The lowest BCUT2D eigenvalue weighted by Gasteiger charge is -2.18. The summed E-state index contributed by atoms with van der Waals surface area (Å²) in [4.78, 5) is 11.2. The minimum Gasteiger partial charge on any atom is -0.443 e.